The molecule has 0 spiro atoms. The van der Waals surface area contributed by atoms with Gasteiger partial charge < -0.3 is 4.74 Å². The van der Waals surface area contributed by atoms with Crippen molar-refractivity contribution in [2.75, 3.05) is 0 Å². The molecular weight excluding hydrogens is 263 g/mol. The minimum Gasteiger partial charge on any atom is -0.447 e. The van der Waals surface area contributed by atoms with Crippen LogP contribution >= 0.6 is 0 Å². The molecule has 0 aromatic heterocycles. The maximum atomic E-state index is 13.3. The van der Waals surface area contributed by atoms with Gasteiger partial charge in [-0.05, 0) is 18.2 Å². The van der Waals surface area contributed by atoms with E-state index in [0.29, 0.717) is 6.07 Å². The number of nitro benzene ring substituents is 1. The van der Waals surface area contributed by atoms with E-state index in [1.165, 1.54) is 0 Å². The lowest BCUT2D eigenvalue weighted by Gasteiger charge is -2.07. The zero-order valence-corrected chi connectivity index (χ0v) is 9.27. The molecule has 4 nitrogen and oxygen atoms in total. The van der Waals surface area contributed by atoms with E-state index in [1.807, 2.05) is 0 Å². The van der Waals surface area contributed by atoms with Crippen LogP contribution in [0.25, 0.3) is 0 Å². The van der Waals surface area contributed by atoms with Crippen LogP contribution in [-0.2, 0) is 0 Å². The Morgan fingerprint density at radius 1 is 0.947 bits per heavy atom. The Balaban J connectivity index is 2.42. The summed E-state index contributed by atoms with van der Waals surface area (Å²) in [5, 5.41) is 10.7. The smallest absolute Gasteiger partial charge is 0.311 e. The van der Waals surface area contributed by atoms with Gasteiger partial charge in [-0.2, -0.15) is 0 Å². The van der Waals surface area contributed by atoms with E-state index >= 15 is 0 Å². The molecule has 0 fully saturated rings. The monoisotopic (exact) mass is 269 g/mol. The van der Waals surface area contributed by atoms with Crippen LogP contribution in [0.3, 0.4) is 0 Å². The molecule has 0 aliphatic heterocycles. The lowest BCUT2D eigenvalue weighted by molar-refractivity contribution is -0.385. The van der Waals surface area contributed by atoms with Crippen molar-refractivity contribution in [3.05, 3.63) is 64.0 Å². The van der Waals surface area contributed by atoms with E-state index in [1.54, 1.807) is 0 Å². The van der Waals surface area contributed by atoms with E-state index < -0.39 is 39.6 Å². The lowest BCUT2D eigenvalue weighted by atomic mass is 10.2. The summed E-state index contributed by atoms with van der Waals surface area (Å²) in [6.07, 6.45) is 0. The highest BCUT2D eigenvalue weighted by molar-refractivity contribution is 5.48. The van der Waals surface area contributed by atoms with Crippen LogP contribution in [0.5, 0.6) is 11.5 Å². The van der Waals surface area contributed by atoms with Gasteiger partial charge >= 0.3 is 5.69 Å². The summed E-state index contributed by atoms with van der Waals surface area (Å²) in [5.74, 6) is -3.54. The van der Waals surface area contributed by atoms with Gasteiger partial charge in [-0.1, -0.05) is 0 Å². The highest BCUT2D eigenvalue weighted by atomic mass is 19.1. The first kappa shape index (κ1) is 12.9. The van der Waals surface area contributed by atoms with Crippen LogP contribution in [0.1, 0.15) is 0 Å². The van der Waals surface area contributed by atoms with Gasteiger partial charge in [0.1, 0.15) is 11.6 Å². The third kappa shape index (κ3) is 2.82. The molecule has 0 N–H and O–H groups in total. The van der Waals surface area contributed by atoms with Crippen LogP contribution in [-0.4, -0.2) is 4.92 Å². The Kier molecular flexibility index (Phi) is 3.37. The standard InChI is InChI=1S/C12H6F3NO3/c13-7-2-4-11(9(15)5-7)19-12-6-8(14)1-3-10(12)16(17)18/h1-6H. The summed E-state index contributed by atoms with van der Waals surface area (Å²) in [6.45, 7) is 0. The average molecular weight is 269 g/mol. The van der Waals surface area contributed by atoms with E-state index in [4.69, 9.17) is 4.74 Å². The molecule has 0 radical (unpaired) electrons. The van der Waals surface area contributed by atoms with Crippen molar-refractivity contribution in [3.8, 4) is 11.5 Å². The minimum atomic E-state index is -1.04. The Bertz CT molecular complexity index is 646. The molecule has 2 aromatic carbocycles. The summed E-state index contributed by atoms with van der Waals surface area (Å²) in [5.41, 5.74) is -0.523. The molecule has 0 unspecified atom stereocenters. The molecule has 0 bridgehead atoms. The number of rotatable bonds is 3. The second kappa shape index (κ2) is 4.97. The van der Waals surface area contributed by atoms with Crippen LogP contribution < -0.4 is 4.74 Å². The van der Waals surface area contributed by atoms with Crippen molar-refractivity contribution in [2.24, 2.45) is 0 Å². The van der Waals surface area contributed by atoms with Gasteiger partial charge in [0.15, 0.2) is 11.6 Å². The normalized spacial score (nSPS) is 10.3. The fourth-order valence-electron chi connectivity index (χ4n) is 1.40. The Morgan fingerprint density at radius 3 is 2.21 bits per heavy atom. The summed E-state index contributed by atoms with van der Waals surface area (Å²) in [6, 6.07) is 4.96. The van der Waals surface area contributed by atoms with Crippen LogP contribution in [0.15, 0.2) is 36.4 Å². The van der Waals surface area contributed by atoms with Crippen LogP contribution in [0.2, 0.25) is 0 Å². The third-order valence-electron chi connectivity index (χ3n) is 2.23. The fraction of sp³-hybridized carbons (Fsp3) is 0. The summed E-state index contributed by atoms with van der Waals surface area (Å²) in [4.78, 5) is 9.92. The Morgan fingerprint density at radius 2 is 1.58 bits per heavy atom. The van der Waals surface area contributed by atoms with Crippen molar-refractivity contribution in [3.63, 3.8) is 0 Å². The van der Waals surface area contributed by atoms with Gasteiger partial charge in [0, 0.05) is 18.2 Å². The average Bonchev–Trinajstić information content (AvgIpc) is 2.32. The van der Waals surface area contributed by atoms with Crippen molar-refractivity contribution in [2.45, 2.75) is 0 Å². The highest BCUT2D eigenvalue weighted by Crippen LogP contribution is 2.33. The van der Waals surface area contributed by atoms with E-state index in [0.717, 1.165) is 30.3 Å². The molecular formula is C12H6F3NO3. The highest BCUT2D eigenvalue weighted by Gasteiger charge is 2.18. The molecule has 0 heterocycles. The predicted octanol–water partition coefficient (Wildman–Crippen LogP) is 3.80. The Hall–Kier alpha value is -2.57. The van der Waals surface area contributed by atoms with E-state index in [-0.39, 0.29) is 0 Å². The number of hydrogen-bond acceptors (Lipinski definition) is 3. The van der Waals surface area contributed by atoms with Crippen molar-refractivity contribution in [1.82, 2.24) is 0 Å². The summed E-state index contributed by atoms with van der Waals surface area (Å²) >= 11 is 0. The number of hydrogen-bond donors (Lipinski definition) is 0. The third-order valence-corrected chi connectivity index (χ3v) is 2.23. The Labute approximate surface area is 105 Å². The zero-order chi connectivity index (χ0) is 14.0. The molecule has 0 aliphatic carbocycles. The van der Waals surface area contributed by atoms with Gasteiger partial charge in [0.2, 0.25) is 5.75 Å². The van der Waals surface area contributed by atoms with Gasteiger partial charge in [0.25, 0.3) is 0 Å². The molecule has 98 valence electrons. The summed E-state index contributed by atoms with van der Waals surface area (Å²) < 4.78 is 44.0. The maximum absolute atomic E-state index is 13.3. The lowest BCUT2D eigenvalue weighted by Crippen LogP contribution is -1.96. The molecule has 0 atom stereocenters. The van der Waals surface area contributed by atoms with E-state index in [2.05, 4.69) is 0 Å². The molecule has 0 saturated carbocycles. The molecule has 0 saturated heterocycles. The van der Waals surface area contributed by atoms with Gasteiger partial charge in [0.05, 0.1) is 4.92 Å². The molecule has 0 aliphatic rings. The van der Waals surface area contributed by atoms with Gasteiger partial charge in [-0.3, -0.25) is 10.1 Å². The number of nitrogens with zero attached hydrogens (tertiary/aromatic N) is 1. The van der Waals surface area contributed by atoms with Gasteiger partial charge in [-0.15, -0.1) is 0 Å². The first-order valence-corrected chi connectivity index (χ1v) is 5.04. The maximum Gasteiger partial charge on any atom is 0.311 e. The number of halogens is 3. The quantitative estimate of drug-likeness (QED) is 0.629. The second-order valence-electron chi connectivity index (χ2n) is 3.55. The molecule has 19 heavy (non-hydrogen) atoms. The SMILES string of the molecule is O=[N+]([O-])c1ccc(F)cc1Oc1ccc(F)cc1F. The minimum absolute atomic E-state index is 0.435. The topological polar surface area (TPSA) is 52.4 Å². The van der Waals surface area contributed by atoms with Crippen LogP contribution in [0.4, 0.5) is 18.9 Å². The van der Waals surface area contributed by atoms with Crippen molar-refractivity contribution in [1.29, 1.82) is 0 Å². The van der Waals surface area contributed by atoms with Crippen molar-refractivity contribution < 1.29 is 22.8 Å². The number of nitro groups is 1. The first-order valence-electron chi connectivity index (χ1n) is 5.04. The second-order valence-corrected chi connectivity index (χ2v) is 3.55. The summed E-state index contributed by atoms with van der Waals surface area (Å²) in [7, 11) is 0. The zero-order valence-electron chi connectivity index (χ0n) is 9.27. The fourth-order valence-corrected chi connectivity index (χ4v) is 1.40. The molecule has 7 heteroatoms. The largest absolute Gasteiger partial charge is 0.447 e. The first-order chi connectivity index (χ1) is 8.97. The molecule has 2 aromatic rings. The van der Waals surface area contributed by atoms with Crippen LogP contribution in [0, 0.1) is 27.6 Å². The number of ether oxygens (including phenoxy) is 1. The van der Waals surface area contributed by atoms with Crippen molar-refractivity contribution >= 4 is 5.69 Å². The molecule has 2 rings (SSSR count). The van der Waals surface area contributed by atoms with Gasteiger partial charge in [-0.25, -0.2) is 13.2 Å². The molecule has 0 amide bonds. The predicted molar refractivity (Wildman–Crippen MR) is 59.5 cm³/mol. The number of benzene rings is 2. The van der Waals surface area contributed by atoms with E-state index in [9.17, 15) is 23.3 Å².